The van der Waals surface area contributed by atoms with Crippen LogP contribution in [0.15, 0.2) is 48.8 Å². The highest BCUT2D eigenvalue weighted by Gasteiger charge is 2.48. The van der Waals surface area contributed by atoms with Crippen molar-refractivity contribution in [1.29, 1.82) is 0 Å². The highest BCUT2D eigenvalue weighted by Crippen LogP contribution is 2.41. The van der Waals surface area contributed by atoms with Crippen molar-refractivity contribution in [2.75, 3.05) is 26.7 Å². The zero-order chi connectivity index (χ0) is 30.8. The molecule has 4 rings (SSSR count). The summed E-state index contributed by atoms with van der Waals surface area (Å²) in [5.74, 6) is -4.30. The van der Waals surface area contributed by atoms with Gasteiger partial charge in [-0.1, -0.05) is 12.1 Å². The van der Waals surface area contributed by atoms with Crippen LogP contribution in [-0.2, 0) is 27.5 Å². The minimum atomic E-state index is -5.08. The Balaban J connectivity index is 0.000000349. The minimum Gasteiger partial charge on any atom is -0.497 e. The summed E-state index contributed by atoms with van der Waals surface area (Å²) in [5, 5.41) is 14.2. The number of pyridine rings is 1. The first-order chi connectivity index (χ1) is 19.1. The lowest BCUT2D eigenvalue weighted by atomic mass is 9.78. The number of aromatic nitrogens is 1. The number of rotatable bonds is 5. The number of hydrogen-bond acceptors (Lipinski definition) is 6. The van der Waals surface area contributed by atoms with Crippen LogP contribution in [0.4, 0.5) is 26.3 Å². The van der Waals surface area contributed by atoms with E-state index in [1.165, 1.54) is 5.56 Å². The van der Waals surface area contributed by atoms with Gasteiger partial charge in [-0.05, 0) is 61.2 Å². The van der Waals surface area contributed by atoms with Gasteiger partial charge >= 0.3 is 24.3 Å². The molecular formula is C26H29F6N3O6. The Kier molecular flexibility index (Phi) is 11.5. The van der Waals surface area contributed by atoms with Gasteiger partial charge in [-0.2, -0.15) is 26.3 Å². The summed E-state index contributed by atoms with van der Waals surface area (Å²) in [6, 6.07) is 12.2. The molecule has 0 radical (unpaired) electrons. The van der Waals surface area contributed by atoms with Crippen LogP contribution in [0.25, 0.3) is 0 Å². The van der Waals surface area contributed by atoms with Crippen LogP contribution < -0.4 is 4.74 Å². The molecule has 2 aliphatic rings. The Hall–Kier alpha value is -3.88. The third kappa shape index (κ3) is 10.2. The molecule has 1 atom stereocenters. The van der Waals surface area contributed by atoms with E-state index >= 15 is 0 Å². The van der Waals surface area contributed by atoms with Crippen molar-refractivity contribution in [3.05, 3.63) is 59.9 Å². The third-order valence-electron chi connectivity index (χ3n) is 6.43. The lowest BCUT2D eigenvalue weighted by Gasteiger charge is -2.39. The van der Waals surface area contributed by atoms with E-state index in [-0.39, 0.29) is 5.41 Å². The van der Waals surface area contributed by atoms with Gasteiger partial charge in [0, 0.05) is 38.6 Å². The molecule has 1 aromatic carbocycles. The number of carboxylic acid groups (broad SMARTS) is 2. The fraction of sp³-hybridized carbons (Fsp3) is 0.462. The highest BCUT2D eigenvalue weighted by molar-refractivity contribution is 5.85. The van der Waals surface area contributed by atoms with Gasteiger partial charge in [0.2, 0.25) is 5.91 Å². The van der Waals surface area contributed by atoms with Crippen LogP contribution in [0.3, 0.4) is 0 Å². The van der Waals surface area contributed by atoms with Gasteiger partial charge in [0.05, 0.1) is 12.5 Å². The molecule has 1 spiro atoms. The molecule has 2 fully saturated rings. The number of piperidine rings is 1. The molecule has 15 heteroatoms. The van der Waals surface area contributed by atoms with Crippen molar-refractivity contribution in [3.8, 4) is 5.75 Å². The van der Waals surface area contributed by atoms with Crippen LogP contribution in [0.5, 0.6) is 5.75 Å². The number of carbonyl (C=O) groups is 3. The second-order valence-corrected chi connectivity index (χ2v) is 9.38. The quantitative estimate of drug-likeness (QED) is 0.491. The second kappa shape index (κ2) is 14.1. The molecule has 41 heavy (non-hydrogen) atoms. The first-order valence-corrected chi connectivity index (χ1v) is 12.2. The summed E-state index contributed by atoms with van der Waals surface area (Å²) >= 11 is 0. The van der Waals surface area contributed by atoms with Crippen LogP contribution in [0.1, 0.15) is 30.4 Å². The van der Waals surface area contributed by atoms with Crippen molar-refractivity contribution in [2.24, 2.45) is 5.41 Å². The van der Waals surface area contributed by atoms with E-state index < -0.39 is 24.3 Å². The smallest absolute Gasteiger partial charge is 0.490 e. The molecule has 1 amide bonds. The number of alkyl halides is 6. The zero-order valence-corrected chi connectivity index (χ0v) is 21.9. The number of halogens is 6. The number of carbonyl (C=O) groups excluding carboxylic acids is 1. The fourth-order valence-electron chi connectivity index (χ4n) is 4.48. The third-order valence-corrected chi connectivity index (χ3v) is 6.43. The lowest BCUT2D eigenvalue weighted by Crippen LogP contribution is -2.47. The first-order valence-electron chi connectivity index (χ1n) is 12.2. The van der Waals surface area contributed by atoms with Crippen molar-refractivity contribution in [3.63, 3.8) is 0 Å². The minimum absolute atomic E-state index is 0.197. The summed E-state index contributed by atoms with van der Waals surface area (Å²) < 4.78 is 68.7. The Labute approximate surface area is 231 Å². The van der Waals surface area contributed by atoms with E-state index in [4.69, 9.17) is 24.5 Å². The Morgan fingerprint density at radius 2 is 1.39 bits per heavy atom. The fourth-order valence-corrected chi connectivity index (χ4v) is 4.48. The molecule has 1 unspecified atom stereocenters. The number of aliphatic carboxylic acids is 2. The molecule has 2 aliphatic heterocycles. The predicted octanol–water partition coefficient (Wildman–Crippen LogP) is 4.37. The average Bonchev–Trinajstić information content (AvgIpc) is 3.18. The normalized spacial score (nSPS) is 19.1. The van der Waals surface area contributed by atoms with E-state index in [0.717, 1.165) is 56.8 Å². The summed E-state index contributed by atoms with van der Waals surface area (Å²) in [6.07, 6.45) is -3.51. The maximum Gasteiger partial charge on any atom is 0.490 e. The number of ether oxygens (including phenoxy) is 1. The molecule has 1 aromatic heterocycles. The summed E-state index contributed by atoms with van der Waals surface area (Å²) in [7, 11) is 1.69. The van der Waals surface area contributed by atoms with Crippen LogP contribution >= 0.6 is 0 Å². The van der Waals surface area contributed by atoms with Gasteiger partial charge in [-0.25, -0.2) is 9.59 Å². The van der Waals surface area contributed by atoms with Gasteiger partial charge in [-0.3, -0.25) is 14.7 Å². The lowest BCUT2D eigenvalue weighted by molar-refractivity contribution is -0.193. The van der Waals surface area contributed by atoms with E-state index in [2.05, 4.69) is 22.0 Å². The first kappa shape index (κ1) is 33.3. The van der Waals surface area contributed by atoms with Crippen LogP contribution in [0.2, 0.25) is 0 Å². The van der Waals surface area contributed by atoms with Gasteiger partial charge in [0.1, 0.15) is 5.75 Å². The van der Waals surface area contributed by atoms with Crippen molar-refractivity contribution >= 4 is 17.8 Å². The van der Waals surface area contributed by atoms with Crippen molar-refractivity contribution in [2.45, 2.75) is 44.7 Å². The molecule has 2 saturated heterocycles. The number of amides is 1. The van der Waals surface area contributed by atoms with Gasteiger partial charge < -0.3 is 19.8 Å². The molecule has 9 nitrogen and oxygen atoms in total. The molecule has 0 aliphatic carbocycles. The topological polar surface area (TPSA) is 120 Å². The number of benzene rings is 1. The Bertz CT molecular complexity index is 1140. The van der Waals surface area contributed by atoms with Crippen LogP contribution in [0, 0.1) is 5.41 Å². The molecule has 3 heterocycles. The summed E-state index contributed by atoms with van der Waals surface area (Å²) in [4.78, 5) is 39.6. The number of carboxylic acids is 2. The van der Waals surface area contributed by atoms with E-state index in [0.29, 0.717) is 12.5 Å². The highest BCUT2D eigenvalue weighted by atomic mass is 19.4. The van der Waals surface area contributed by atoms with E-state index in [9.17, 15) is 31.1 Å². The van der Waals surface area contributed by atoms with Gasteiger partial charge in [0.15, 0.2) is 0 Å². The average molecular weight is 594 g/mol. The molecule has 2 aromatic rings. The maximum absolute atomic E-state index is 13.2. The molecule has 226 valence electrons. The molecule has 0 saturated carbocycles. The molecular weight excluding hydrogens is 564 g/mol. The number of methoxy groups -OCH3 is 1. The van der Waals surface area contributed by atoms with E-state index in [1.54, 1.807) is 19.5 Å². The van der Waals surface area contributed by atoms with Crippen molar-refractivity contribution < 1.29 is 55.7 Å². The van der Waals surface area contributed by atoms with Crippen molar-refractivity contribution in [1.82, 2.24) is 14.8 Å². The Morgan fingerprint density at radius 1 is 0.878 bits per heavy atom. The second-order valence-electron chi connectivity index (χ2n) is 9.38. The summed E-state index contributed by atoms with van der Waals surface area (Å²) in [5.41, 5.74) is 2.23. The zero-order valence-electron chi connectivity index (χ0n) is 21.9. The number of likely N-dealkylation sites (tertiary alicyclic amines) is 2. The van der Waals surface area contributed by atoms with Crippen LogP contribution in [-0.4, -0.2) is 81.9 Å². The number of hydrogen-bond donors (Lipinski definition) is 2. The maximum atomic E-state index is 13.2. The largest absolute Gasteiger partial charge is 0.497 e. The standard InChI is InChI=1S/C22H27N3O2.2C2HF3O2/c1-27-20-5-3-18(4-6-20)15-24-13-2-9-22(17-24)10-14-25(21(22)26)16-19-7-11-23-12-8-19;2*3-2(4,5)1(6)7/h3-8,11-12H,2,9-10,13-17H2,1H3;2*(H,6,7). The Morgan fingerprint density at radius 3 is 1.88 bits per heavy atom. The number of nitrogens with zero attached hydrogens (tertiary/aromatic N) is 3. The molecule has 0 bridgehead atoms. The van der Waals surface area contributed by atoms with E-state index in [1.807, 2.05) is 29.2 Å². The predicted molar refractivity (Wildman–Crippen MR) is 132 cm³/mol. The monoisotopic (exact) mass is 593 g/mol. The summed E-state index contributed by atoms with van der Waals surface area (Å²) in [6.45, 7) is 4.37. The van der Waals surface area contributed by atoms with Gasteiger partial charge in [0.25, 0.3) is 0 Å². The van der Waals surface area contributed by atoms with Gasteiger partial charge in [-0.15, -0.1) is 0 Å². The SMILES string of the molecule is COc1ccc(CN2CCCC3(CCN(Cc4ccncc4)C3=O)C2)cc1.O=C(O)C(F)(F)F.O=C(O)C(F)(F)F. The molecule has 2 N–H and O–H groups in total.